The first-order valence-corrected chi connectivity index (χ1v) is 8.41. The molecule has 2 aromatic carbocycles. The lowest BCUT2D eigenvalue weighted by molar-refractivity contribution is 0.208. The molecule has 1 unspecified atom stereocenters. The molecule has 0 aliphatic heterocycles. The molecule has 0 spiro atoms. The van der Waals surface area contributed by atoms with E-state index in [2.05, 4.69) is 27.4 Å². The monoisotopic (exact) mass is 341 g/mol. The van der Waals surface area contributed by atoms with Gasteiger partial charge in [-0.15, -0.1) is 0 Å². The number of aliphatic hydroxyl groups excluding tert-OH is 1. The molecule has 1 atom stereocenters. The first kappa shape index (κ1) is 16.7. The van der Waals surface area contributed by atoms with E-state index in [1.165, 1.54) is 5.56 Å². The van der Waals surface area contributed by atoms with Crippen molar-refractivity contribution < 1.29 is 5.11 Å². The molecule has 2 N–H and O–H groups in total. The second-order valence-corrected chi connectivity index (χ2v) is 6.30. The molecule has 1 aromatic heterocycles. The lowest BCUT2D eigenvalue weighted by Gasteiger charge is -2.12. The van der Waals surface area contributed by atoms with Gasteiger partial charge in [0, 0.05) is 23.4 Å². The van der Waals surface area contributed by atoms with E-state index in [1.54, 1.807) is 6.92 Å². The molecule has 0 bridgehead atoms. The standard InChI is InChI=1S/C19H20ClN3O/c1-13(24)12-21-19-16-11-15(20)8-9-17(16)22-18(23-19)10-7-14-5-3-2-4-6-14/h2-6,8-9,11,13,24H,7,10,12H2,1H3,(H,21,22,23). The van der Waals surface area contributed by atoms with Crippen LogP contribution in [-0.4, -0.2) is 27.7 Å². The molecular weight excluding hydrogens is 322 g/mol. The van der Waals surface area contributed by atoms with E-state index in [0.717, 1.165) is 29.6 Å². The van der Waals surface area contributed by atoms with E-state index in [9.17, 15) is 5.11 Å². The molecule has 3 aromatic rings. The fourth-order valence-corrected chi connectivity index (χ4v) is 2.71. The molecule has 0 radical (unpaired) electrons. The summed E-state index contributed by atoms with van der Waals surface area (Å²) in [4.78, 5) is 9.28. The Labute approximate surface area is 146 Å². The van der Waals surface area contributed by atoms with Gasteiger partial charge in [0.25, 0.3) is 0 Å². The fourth-order valence-electron chi connectivity index (χ4n) is 2.54. The van der Waals surface area contributed by atoms with Crippen molar-refractivity contribution in [3.8, 4) is 0 Å². The van der Waals surface area contributed by atoms with Gasteiger partial charge in [-0.2, -0.15) is 0 Å². The number of aromatic nitrogens is 2. The van der Waals surface area contributed by atoms with Crippen LogP contribution in [0.25, 0.3) is 10.9 Å². The SMILES string of the molecule is CC(O)CNc1nc(CCc2ccccc2)nc2ccc(Cl)cc12. The van der Waals surface area contributed by atoms with Crippen LogP contribution in [0.15, 0.2) is 48.5 Å². The second kappa shape index (κ2) is 7.60. The van der Waals surface area contributed by atoms with Crippen LogP contribution < -0.4 is 5.32 Å². The lowest BCUT2D eigenvalue weighted by atomic mass is 10.1. The van der Waals surface area contributed by atoms with Crippen molar-refractivity contribution in [3.63, 3.8) is 0 Å². The van der Waals surface area contributed by atoms with Crippen LogP contribution in [0, 0.1) is 0 Å². The average Bonchev–Trinajstić information content (AvgIpc) is 2.59. The van der Waals surface area contributed by atoms with Crippen LogP contribution in [0.2, 0.25) is 5.02 Å². The summed E-state index contributed by atoms with van der Waals surface area (Å²) >= 11 is 6.10. The van der Waals surface area contributed by atoms with Crippen molar-refractivity contribution in [2.75, 3.05) is 11.9 Å². The maximum Gasteiger partial charge on any atom is 0.137 e. The van der Waals surface area contributed by atoms with E-state index < -0.39 is 6.10 Å². The highest BCUT2D eigenvalue weighted by Crippen LogP contribution is 2.24. The smallest absolute Gasteiger partial charge is 0.137 e. The molecule has 4 nitrogen and oxygen atoms in total. The van der Waals surface area contributed by atoms with Crippen LogP contribution in [-0.2, 0) is 12.8 Å². The molecular formula is C19H20ClN3O. The molecule has 0 aliphatic carbocycles. The molecule has 124 valence electrons. The molecule has 3 rings (SSSR count). The average molecular weight is 342 g/mol. The van der Waals surface area contributed by atoms with Gasteiger partial charge in [-0.05, 0) is 37.1 Å². The van der Waals surface area contributed by atoms with Crippen molar-refractivity contribution in [1.82, 2.24) is 9.97 Å². The number of nitrogens with zero attached hydrogens (tertiary/aromatic N) is 2. The topological polar surface area (TPSA) is 58.0 Å². The number of hydrogen-bond donors (Lipinski definition) is 2. The number of halogens is 1. The maximum absolute atomic E-state index is 9.53. The Morgan fingerprint density at radius 1 is 1.08 bits per heavy atom. The van der Waals surface area contributed by atoms with Crippen LogP contribution in [0.3, 0.4) is 0 Å². The number of rotatable bonds is 6. The van der Waals surface area contributed by atoms with Gasteiger partial charge in [0.1, 0.15) is 11.6 Å². The van der Waals surface area contributed by atoms with Gasteiger partial charge in [-0.1, -0.05) is 41.9 Å². The Hall–Kier alpha value is -2.17. The molecule has 1 heterocycles. The first-order valence-electron chi connectivity index (χ1n) is 8.04. The summed E-state index contributed by atoms with van der Waals surface area (Å²) < 4.78 is 0. The summed E-state index contributed by atoms with van der Waals surface area (Å²) in [7, 11) is 0. The van der Waals surface area contributed by atoms with E-state index in [0.29, 0.717) is 17.4 Å². The lowest BCUT2D eigenvalue weighted by Crippen LogP contribution is -2.17. The zero-order chi connectivity index (χ0) is 16.9. The van der Waals surface area contributed by atoms with Crippen molar-refractivity contribution in [2.24, 2.45) is 0 Å². The number of aryl methyl sites for hydroxylation is 2. The van der Waals surface area contributed by atoms with Crippen molar-refractivity contribution in [1.29, 1.82) is 0 Å². The van der Waals surface area contributed by atoms with E-state index in [4.69, 9.17) is 11.6 Å². The summed E-state index contributed by atoms with van der Waals surface area (Å²) in [5.74, 6) is 1.49. The summed E-state index contributed by atoms with van der Waals surface area (Å²) in [6, 6.07) is 15.9. The van der Waals surface area contributed by atoms with Crippen molar-refractivity contribution >= 4 is 28.3 Å². The number of aliphatic hydroxyl groups is 1. The van der Waals surface area contributed by atoms with Crippen molar-refractivity contribution in [2.45, 2.75) is 25.9 Å². The third-order valence-corrected chi connectivity index (χ3v) is 3.98. The van der Waals surface area contributed by atoms with Gasteiger partial charge in [0.15, 0.2) is 0 Å². The van der Waals surface area contributed by atoms with Gasteiger partial charge in [0.05, 0.1) is 11.6 Å². The zero-order valence-corrected chi connectivity index (χ0v) is 14.3. The van der Waals surface area contributed by atoms with Gasteiger partial charge < -0.3 is 10.4 Å². The molecule has 0 saturated carbocycles. The minimum absolute atomic E-state index is 0.427. The highest BCUT2D eigenvalue weighted by atomic mass is 35.5. The third kappa shape index (κ3) is 4.22. The summed E-state index contributed by atoms with van der Waals surface area (Å²) in [6.45, 7) is 2.16. The summed E-state index contributed by atoms with van der Waals surface area (Å²) in [5, 5.41) is 14.2. The second-order valence-electron chi connectivity index (χ2n) is 5.87. The Kier molecular flexibility index (Phi) is 5.28. The molecule has 24 heavy (non-hydrogen) atoms. The molecule has 0 saturated heterocycles. The summed E-state index contributed by atoms with van der Waals surface area (Å²) in [6.07, 6.45) is 1.18. The van der Waals surface area contributed by atoms with Gasteiger partial charge in [-0.3, -0.25) is 0 Å². The molecule has 0 fully saturated rings. The number of anilines is 1. The van der Waals surface area contributed by atoms with E-state index in [1.807, 2.05) is 36.4 Å². The predicted molar refractivity (Wildman–Crippen MR) is 98.6 cm³/mol. The number of benzene rings is 2. The molecule has 5 heteroatoms. The molecule has 0 aliphatic rings. The number of fused-ring (bicyclic) bond motifs is 1. The largest absolute Gasteiger partial charge is 0.392 e. The van der Waals surface area contributed by atoms with Crippen LogP contribution >= 0.6 is 11.6 Å². The van der Waals surface area contributed by atoms with Gasteiger partial charge in [-0.25, -0.2) is 9.97 Å². The minimum atomic E-state index is -0.457. The predicted octanol–water partition coefficient (Wildman–Crippen LogP) is 3.86. The van der Waals surface area contributed by atoms with E-state index in [-0.39, 0.29) is 0 Å². The van der Waals surface area contributed by atoms with Crippen LogP contribution in [0.1, 0.15) is 18.3 Å². The highest BCUT2D eigenvalue weighted by molar-refractivity contribution is 6.31. The number of nitrogens with one attached hydrogen (secondary N) is 1. The minimum Gasteiger partial charge on any atom is -0.392 e. The Bertz CT molecular complexity index is 821. The Morgan fingerprint density at radius 3 is 2.62 bits per heavy atom. The zero-order valence-electron chi connectivity index (χ0n) is 13.5. The van der Waals surface area contributed by atoms with Gasteiger partial charge in [0.2, 0.25) is 0 Å². The van der Waals surface area contributed by atoms with Crippen LogP contribution in [0.4, 0.5) is 5.82 Å². The maximum atomic E-state index is 9.53. The Morgan fingerprint density at radius 2 is 1.88 bits per heavy atom. The first-order chi connectivity index (χ1) is 11.6. The third-order valence-electron chi connectivity index (χ3n) is 3.75. The van der Waals surface area contributed by atoms with Gasteiger partial charge >= 0.3 is 0 Å². The normalized spacial score (nSPS) is 12.3. The quantitative estimate of drug-likeness (QED) is 0.714. The van der Waals surface area contributed by atoms with E-state index >= 15 is 0 Å². The molecule has 0 amide bonds. The fraction of sp³-hybridized carbons (Fsp3) is 0.263. The van der Waals surface area contributed by atoms with Crippen LogP contribution in [0.5, 0.6) is 0 Å². The Balaban J connectivity index is 1.89. The van der Waals surface area contributed by atoms with Crippen molar-refractivity contribution in [3.05, 3.63) is 64.9 Å². The number of hydrogen-bond acceptors (Lipinski definition) is 4. The summed E-state index contributed by atoms with van der Waals surface area (Å²) in [5.41, 5.74) is 2.11. The highest BCUT2D eigenvalue weighted by Gasteiger charge is 2.09.